The summed E-state index contributed by atoms with van der Waals surface area (Å²) in [4.78, 5) is 38.2. The predicted molar refractivity (Wildman–Crippen MR) is 334 cm³/mol. The second-order valence-corrected chi connectivity index (χ2v) is 21.3. The predicted octanol–water partition coefficient (Wildman–Crippen LogP) is 22.2. The molecule has 1 unspecified atom stereocenters. The van der Waals surface area contributed by atoms with Gasteiger partial charge < -0.3 is 14.2 Å². The lowest BCUT2D eigenvalue weighted by molar-refractivity contribution is -0.166. The summed E-state index contributed by atoms with van der Waals surface area (Å²) in [5.41, 5.74) is 0. The van der Waals surface area contributed by atoms with Crippen LogP contribution < -0.4 is 0 Å². The van der Waals surface area contributed by atoms with Gasteiger partial charge in [0.05, 0.1) is 0 Å². The van der Waals surface area contributed by atoms with E-state index in [1.54, 1.807) is 0 Å². The van der Waals surface area contributed by atoms with Gasteiger partial charge in [0.25, 0.3) is 0 Å². The topological polar surface area (TPSA) is 78.9 Å². The minimum atomic E-state index is -0.810. The van der Waals surface area contributed by atoms with Gasteiger partial charge in [-0.2, -0.15) is 0 Å². The smallest absolute Gasteiger partial charge is 0.306 e. The number of rotatable bonds is 58. The standard InChI is InChI=1S/C71H120O6/c1-4-7-10-13-16-19-22-25-27-29-30-31-32-33-34-35-36-37-38-39-40-42-43-46-49-52-55-58-61-64-70(73)76-67-68(66-75-69(72)63-60-57-54-51-48-45-24-21-18-15-12-9-6-3)77-71(74)65-62-59-56-53-50-47-44-41-28-26-23-20-17-14-11-8-5-2/h7,9-10,12,16,18-19,21,25-28,30-31,45,48,54,57,68H,4-6,8,11,13-15,17,20,22-24,29,32-44,46-47,49-53,55-56,58-67H2,1-3H3/b10-7-,12-9-,19-16-,21-18-,27-25-,28-26-,31-30-,48-45-,57-54-. The third kappa shape index (κ3) is 62.8. The van der Waals surface area contributed by atoms with Crippen LogP contribution in [0, 0.1) is 0 Å². The monoisotopic (exact) mass is 1070 g/mol. The minimum Gasteiger partial charge on any atom is -0.462 e. The van der Waals surface area contributed by atoms with Crippen molar-refractivity contribution in [3.05, 3.63) is 109 Å². The average molecular weight is 1070 g/mol. The highest BCUT2D eigenvalue weighted by Crippen LogP contribution is 2.16. The van der Waals surface area contributed by atoms with E-state index in [-0.39, 0.29) is 37.5 Å². The van der Waals surface area contributed by atoms with E-state index in [0.717, 1.165) is 89.9 Å². The number of hydrogen-bond acceptors (Lipinski definition) is 6. The first-order valence-corrected chi connectivity index (χ1v) is 32.4. The second kappa shape index (κ2) is 64.6. The lowest BCUT2D eigenvalue weighted by atomic mass is 10.0. The van der Waals surface area contributed by atoms with Gasteiger partial charge >= 0.3 is 17.9 Å². The van der Waals surface area contributed by atoms with E-state index >= 15 is 0 Å². The fraction of sp³-hybridized carbons (Fsp3) is 0.704. The van der Waals surface area contributed by atoms with Crippen LogP contribution in [-0.4, -0.2) is 37.2 Å². The van der Waals surface area contributed by atoms with Crippen LogP contribution in [0.2, 0.25) is 0 Å². The molecular weight excluding hydrogens is 949 g/mol. The van der Waals surface area contributed by atoms with Crippen molar-refractivity contribution in [3.8, 4) is 0 Å². The Morgan fingerprint density at radius 2 is 0.532 bits per heavy atom. The van der Waals surface area contributed by atoms with E-state index in [2.05, 4.69) is 124 Å². The van der Waals surface area contributed by atoms with E-state index in [4.69, 9.17) is 14.2 Å². The van der Waals surface area contributed by atoms with Crippen LogP contribution in [-0.2, 0) is 28.6 Å². The molecule has 0 aliphatic heterocycles. The Balaban J connectivity index is 4.27. The van der Waals surface area contributed by atoms with Gasteiger partial charge in [0.1, 0.15) is 13.2 Å². The molecule has 0 aliphatic carbocycles. The number of esters is 3. The summed E-state index contributed by atoms with van der Waals surface area (Å²) < 4.78 is 16.8. The fourth-order valence-electron chi connectivity index (χ4n) is 8.97. The molecule has 0 N–H and O–H groups in total. The first-order chi connectivity index (χ1) is 38.0. The highest BCUT2D eigenvalue weighted by molar-refractivity contribution is 5.71. The van der Waals surface area contributed by atoms with Crippen LogP contribution in [0.15, 0.2) is 109 Å². The number of ether oxygens (including phenoxy) is 3. The number of unbranched alkanes of at least 4 members (excludes halogenated alkanes) is 29. The van der Waals surface area contributed by atoms with Gasteiger partial charge in [0.15, 0.2) is 6.10 Å². The molecule has 0 fully saturated rings. The van der Waals surface area contributed by atoms with E-state index in [0.29, 0.717) is 19.3 Å². The Hall–Kier alpha value is -3.93. The van der Waals surface area contributed by atoms with Gasteiger partial charge in [0.2, 0.25) is 0 Å². The summed E-state index contributed by atoms with van der Waals surface area (Å²) in [7, 11) is 0. The molecule has 0 spiro atoms. The van der Waals surface area contributed by atoms with Crippen LogP contribution in [0.3, 0.4) is 0 Å². The molecule has 0 amide bonds. The zero-order valence-corrected chi connectivity index (χ0v) is 50.4. The summed E-state index contributed by atoms with van der Waals surface area (Å²) in [6.07, 6.45) is 88.4. The number of carbonyl (C=O) groups excluding carboxylic acids is 3. The van der Waals surface area contributed by atoms with E-state index < -0.39 is 6.10 Å². The van der Waals surface area contributed by atoms with Crippen molar-refractivity contribution >= 4 is 17.9 Å². The van der Waals surface area contributed by atoms with Gasteiger partial charge in [-0.1, -0.05) is 284 Å². The van der Waals surface area contributed by atoms with Crippen molar-refractivity contribution in [2.24, 2.45) is 0 Å². The molecule has 440 valence electrons. The summed E-state index contributed by atoms with van der Waals surface area (Å²) in [5.74, 6) is -0.982. The zero-order chi connectivity index (χ0) is 55.7. The van der Waals surface area contributed by atoms with Crippen LogP contribution in [0.1, 0.15) is 303 Å². The largest absolute Gasteiger partial charge is 0.462 e. The third-order valence-corrected chi connectivity index (χ3v) is 13.8. The molecule has 0 saturated heterocycles. The number of allylic oxidation sites excluding steroid dienone is 18. The maximum absolute atomic E-state index is 12.9. The van der Waals surface area contributed by atoms with Crippen molar-refractivity contribution in [2.45, 2.75) is 309 Å². The average Bonchev–Trinajstić information content (AvgIpc) is 3.43. The Kier molecular flexibility index (Phi) is 61.3. The Morgan fingerprint density at radius 1 is 0.273 bits per heavy atom. The van der Waals surface area contributed by atoms with Gasteiger partial charge in [-0.05, 0) is 109 Å². The maximum atomic E-state index is 12.9. The highest BCUT2D eigenvalue weighted by Gasteiger charge is 2.19. The second-order valence-electron chi connectivity index (χ2n) is 21.3. The fourth-order valence-corrected chi connectivity index (χ4v) is 8.97. The van der Waals surface area contributed by atoms with Crippen molar-refractivity contribution < 1.29 is 28.6 Å². The van der Waals surface area contributed by atoms with Gasteiger partial charge in [0, 0.05) is 19.3 Å². The molecular formula is C71H120O6. The molecule has 0 saturated carbocycles. The van der Waals surface area contributed by atoms with Crippen LogP contribution >= 0.6 is 0 Å². The van der Waals surface area contributed by atoms with Crippen molar-refractivity contribution in [1.29, 1.82) is 0 Å². The first kappa shape index (κ1) is 73.1. The SMILES string of the molecule is CC/C=C\C/C=C\C/C=C\C/C=C\CCCCCCCCCCCCCCCCCCC(=O)OCC(COC(=O)CC/C=C\C/C=C\C/C=C\C/C=C\CC)OC(=O)CCCCCCCCC/C=C\CCCCCCCC. The minimum absolute atomic E-state index is 0.100. The van der Waals surface area contributed by atoms with Gasteiger partial charge in [-0.15, -0.1) is 0 Å². The molecule has 6 heteroatoms. The molecule has 0 aromatic rings. The molecule has 0 rings (SSSR count). The first-order valence-electron chi connectivity index (χ1n) is 32.4. The maximum Gasteiger partial charge on any atom is 0.306 e. The summed E-state index contributed by atoms with van der Waals surface area (Å²) in [6, 6.07) is 0. The van der Waals surface area contributed by atoms with E-state index in [9.17, 15) is 14.4 Å². The molecule has 0 radical (unpaired) electrons. The Morgan fingerprint density at radius 3 is 0.883 bits per heavy atom. The van der Waals surface area contributed by atoms with Crippen LogP contribution in [0.4, 0.5) is 0 Å². The summed E-state index contributed by atoms with van der Waals surface area (Å²) in [6.45, 7) is 6.36. The van der Waals surface area contributed by atoms with Gasteiger partial charge in [-0.25, -0.2) is 0 Å². The lowest BCUT2D eigenvalue weighted by Crippen LogP contribution is -2.30. The molecule has 0 heterocycles. The Bertz CT molecular complexity index is 1560. The molecule has 0 bridgehead atoms. The normalized spacial score (nSPS) is 12.8. The van der Waals surface area contributed by atoms with Gasteiger partial charge in [-0.3, -0.25) is 14.4 Å². The van der Waals surface area contributed by atoms with E-state index in [1.165, 1.54) is 167 Å². The summed E-state index contributed by atoms with van der Waals surface area (Å²) >= 11 is 0. The van der Waals surface area contributed by atoms with Crippen molar-refractivity contribution in [1.82, 2.24) is 0 Å². The number of carbonyl (C=O) groups is 3. The highest BCUT2D eigenvalue weighted by atomic mass is 16.6. The molecule has 0 aromatic carbocycles. The quantitative estimate of drug-likeness (QED) is 0.0261. The third-order valence-electron chi connectivity index (χ3n) is 13.8. The van der Waals surface area contributed by atoms with Crippen LogP contribution in [0.25, 0.3) is 0 Å². The molecule has 0 aromatic heterocycles. The molecule has 77 heavy (non-hydrogen) atoms. The van der Waals surface area contributed by atoms with Crippen LogP contribution in [0.5, 0.6) is 0 Å². The molecule has 0 aliphatic rings. The van der Waals surface area contributed by atoms with Crippen molar-refractivity contribution in [3.63, 3.8) is 0 Å². The zero-order valence-electron chi connectivity index (χ0n) is 50.4. The van der Waals surface area contributed by atoms with Crippen molar-refractivity contribution in [2.75, 3.05) is 13.2 Å². The molecule has 6 nitrogen and oxygen atoms in total. The number of hydrogen-bond donors (Lipinski definition) is 0. The Labute approximate surface area is 476 Å². The lowest BCUT2D eigenvalue weighted by Gasteiger charge is -2.18. The molecule has 1 atom stereocenters. The summed E-state index contributed by atoms with van der Waals surface area (Å²) in [5, 5.41) is 0. The van der Waals surface area contributed by atoms with E-state index in [1.807, 2.05) is 6.08 Å².